The number of ether oxygens (including phenoxy) is 1. The van der Waals surface area contributed by atoms with Crippen molar-refractivity contribution in [1.82, 2.24) is 15.2 Å². The van der Waals surface area contributed by atoms with Crippen LogP contribution in [0, 0.1) is 23.2 Å². The zero-order valence-corrected chi connectivity index (χ0v) is 21.7. The number of amides is 1. The summed E-state index contributed by atoms with van der Waals surface area (Å²) in [5.41, 5.74) is 6.24. The second kappa shape index (κ2) is 10.6. The fourth-order valence-corrected chi connectivity index (χ4v) is 5.26. The van der Waals surface area contributed by atoms with Gasteiger partial charge < -0.3 is 41.1 Å². The maximum Gasteiger partial charge on any atom is 0.345 e. The number of nitrogens with zero attached hydrogens (tertiary/aromatic N) is 2. The first-order chi connectivity index (χ1) is 17.8. The Kier molecular flexibility index (Phi) is 7.82. The summed E-state index contributed by atoms with van der Waals surface area (Å²) in [6.07, 6.45) is -4.72. The van der Waals surface area contributed by atoms with Gasteiger partial charge in [-0.15, -0.1) is 0 Å². The van der Waals surface area contributed by atoms with Gasteiger partial charge in [0.15, 0.2) is 12.2 Å². The van der Waals surface area contributed by atoms with Gasteiger partial charge in [0.25, 0.3) is 5.91 Å². The number of aliphatic carboxylic acids is 1. The van der Waals surface area contributed by atoms with Crippen LogP contribution in [0.25, 0.3) is 10.9 Å². The van der Waals surface area contributed by atoms with Crippen molar-refractivity contribution in [3.63, 3.8) is 0 Å². The third-order valence-corrected chi connectivity index (χ3v) is 7.52. The number of benzene rings is 1. The van der Waals surface area contributed by atoms with E-state index in [1.165, 1.54) is 18.2 Å². The highest BCUT2D eigenvalue weighted by molar-refractivity contribution is 6.35. The topological polar surface area (TPSA) is 196 Å². The van der Waals surface area contributed by atoms with Crippen LogP contribution in [-0.4, -0.2) is 93.1 Å². The molecule has 206 valence electrons. The molecule has 2 aliphatic rings. The van der Waals surface area contributed by atoms with Crippen LogP contribution in [0.4, 0.5) is 5.69 Å². The van der Waals surface area contributed by atoms with E-state index < -0.39 is 30.1 Å². The minimum atomic E-state index is -2.38. The number of aromatic nitrogens is 1. The van der Waals surface area contributed by atoms with E-state index >= 15 is 0 Å². The van der Waals surface area contributed by atoms with Crippen molar-refractivity contribution in [1.29, 1.82) is 0 Å². The van der Waals surface area contributed by atoms with Crippen molar-refractivity contribution in [2.45, 2.75) is 26.1 Å². The van der Waals surface area contributed by atoms with Crippen molar-refractivity contribution < 1.29 is 39.5 Å². The fraction of sp³-hybridized carbons (Fsp3) is 0.520. The van der Waals surface area contributed by atoms with Crippen LogP contribution in [0.1, 0.15) is 24.2 Å². The predicted molar refractivity (Wildman–Crippen MR) is 137 cm³/mol. The van der Waals surface area contributed by atoms with Gasteiger partial charge in [0.1, 0.15) is 0 Å². The molecule has 1 amide bonds. The Morgan fingerprint density at radius 3 is 2.50 bits per heavy atom. The molecule has 1 aliphatic heterocycles. The summed E-state index contributed by atoms with van der Waals surface area (Å²) >= 11 is 6.24. The summed E-state index contributed by atoms with van der Waals surface area (Å²) in [7, 11) is 0. The zero-order chi connectivity index (χ0) is 27.9. The minimum Gasteiger partial charge on any atom is -0.479 e. The van der Waals surface area contributed by atoms with Crippen LogP contribution in [0.5, 0.6) is 5.88 Å². The van der Waals surface area contributed by atoms with Gasteiger partial charge >= 0.3 is 11.9 Å². The number of carbonyl (C=O) groups excluding carboxylic acids is 2. The third-order valence-electron chi connectivity index (χ3n) is 7.21. The molecule has 0 spiro atoms. The molecule has 4 unspecified atom stereocenters. The van der Waals surface area contributed by atoms with E-state index in [2.05, 4.69) is 15.2 Å². The molecule has 1 aromatic carbocycles. The van der Waals surface area contributed by atoms with Crippen molar-refractivity contribution in [2.24, 2.45) is 23.2 Å². The number of aliphatic hydroxyl groups excluding tert-OH is 3. The molecule has 12 nitrogen and oxygen atoms in total. The number of anilines is 1. The molecule has 2 heterocycles. The summed E-state index contributed by atoms with van der Waals surface area (Å²) in [5.74, 6) is -2.72. The number of aliphatic hydroxyl groups is 3. The summed E-state index contributed by atoms with van der Waals surface area (Å²) in [6, 6.07) is 4.03. The highest BCUT2D eigenvalue weighted by Gasteiger charge is 2.55. The van der Waals surface area contributed by atoms with Crippen molar-refractivity contribution in [2.75, 3.05) is 38.5 Å². The average Bonchev–Trinajstić information content (AvgIpc) is 3.33. The number of pyridine rings is 1. The van der Waals surface area contributed by atoms with Gasteiger partial charge in [-0.25, -0.2) is 14.6 Å². The highest BCUT2D eigenvalue weighted by Crippen LogP contribution is 2.51. The minimum absolute atomic E-state index is 0.0939. The molecule has 1 aliphatic carbocycles. The molecule has 2 fully saturated rings. The van der Waals surface area contributed by atoms with E-state index in [-0.39, 0.29) is 39.7 Å². The Labute approximate surface area is 223 Å². The molecule has 13 heteroatoms. The lowest BCUT2D eigenvalue weighted by Gasteiger charge is -2.29. The molecule has 38 heavy (non-hydrogen) atoms. The molecule has 2 aromatic rings. The number of nitrogen functional groups attached to an aromatic ring is 1. The van der Waals surface area contributed by atoms with Crippen molar-refractivity contribution in [3.8, 4) is 5.88 Å². The Morgan fingerprint density at radius 1 is 1.24 bits per heavy atom. The number of piperidine rings is 1. The molecule has 7 N–H and O–H groups in total. The molecule has 0 bridgehead atoms. The Hall–Kier alpha value is -3.03. The number of halogens is 1. The van der Waals surface area contributed by atoms with E-state index in [4.69, 9.17) is 27.2 Å². The number of carbonyl (C=O) groups is 3. The lowest BCUT2D eigenvalue weighted by Crippen LogP contribution is -2.41. The lowest BCUT2D eigenvalue weighted by molar-refractivity contribution is -0.164. The number of likely N-dealkylation sites (tertiary alicyclic amines) is 1. The SMILES string of the molecule is CC(C)(CO)CN1CC2C(CNC(=O)c3cc(Cl)c(N)c4ccc(OC(=O)C(O)C(O)C(=O)O)nc34)C2C1. The normalized spacial score (nSPS) is 22.5. The van der Waals surface area contributed by atoms with Crippen molar-refractivity contribution >= 4 is 46.0 Å². The first kappa shape index (κ1) is 28.0. The second-order valence-electron chi connectivity index (χ2n) is 10.7. The zero-order valence-electron chi connectivity index (χ0n) is 20.9. The van der Waals surface area contributed by atoms with E-state index in [0.29, 0.717) is 29.7 Å². The number of nitrogens with one attached hydrogen (secondary N) is 1. The van der Waals surface area contributed by atoms with Gasteiger partial charge in [-0.1, -0.05) is 25.4 Å². The Balaban J connectivity index is 1.44. The molecular weight excluding hydrogens is 520 g/mol. The van der Waals surface area contributed by atoms with Gasteiger partial charge in [-0.3, -0.25) is 4.79 Å². The fourth-order valence-electron chi connectivity index (χ4n) is 5.05. The van der Waals surface area contributed by atoms with Crippen LogP contribution in [-0.2, 0) is 9.59 Å². The number of carboxylic acids is 1. The van der Waals surface area contributed by atoms with Gasteiger partial charge in [-0.2, -0.15) is 0 Å². The largest absolute Gasteiger partial charge is 0.479 e. The Morgan fingerprint density at radius 2 is 1.89 bits per heavy atom. The number of fused-ring (bicyclic) bond motifs is 2. The molecule has 4 rings (SSSR count). The van der Waals surface area contributed by atoms with E-state index in [1.807, 2.05) is 13.8 Å². The summed E-state index contributed by atoms with van der Waals surface area (Å²) in [6.45, 7) is 7.29. The van der Waals surface area contributed by atoms with Gasteiger partial charge in [0.05, 0.1) is 21.8 Å². The second-order valence-corrected chi connectivity index (χ2v) is 11.1. The van der Waals surface area contributed by atoms with Gasteiger partial charge in [0.2, 0.25) is 5.88 Å². The van der Waals surface area contributed by atoms with Crippen LogP contribution in [0.3, 0.4) is 0 Å². The van der Waals surface area contributed by atoms with Gasteiger partial charge in [-0.05, 0) is 29.9 Å². The molecule has 0 radical (unpaired) electrons. The number of rotatable bonds is 10. The average molecular weight is 551 g/mol. The number of nitrogens with two attached hydrogens (primary N) is 1. The molecular formula is C25H31ClN4O8. The smallest absolute Gasteiger partial charge is 0.345 e. The molecule has 4 atom stereocenters. The van der Waals surface area contributed by atoms with Gasteiger partial charge in [0, 0.05) is 49.7 Å². The summed E-state index contributed by atoms with van der Waals surface area (Å²) < 4.78 is 4.92. The Bertz CT molecular complexity index is 1260. The van der Waals surface area contributed by atoms with Crippen molar-refractivity contribution in [3.05, 3.63) is 28.8 Å². The van der Waals surface area contributed by atoms with E-state index in [9.17, 15) is 29.7 Å². The first-order valence-electron chi connectivity index (χ1n) is 12.1. The number of hydrogen-bond donors (Lipinski definition) is 6. The molecule has 1 saturated carbocycles. The van der Waals surface area contributed by atoms with E-state index in [1.54, 1.807) is 0 Å². The highest BCUT2D eigenvalue weighted by atomic mass is 35.5. The van der Waals surface area contributed by atoms with Crippen LogP contribution in [0.2, 0.25) is 5.02 Å². The number of hydrogen-bond acceptors (Lipinski definition) is 10. The number of esters is 1. The lowest BCUT2D eigenvalue weighted by atomic mass is 9.94. The quantitative estimate of drug-likeness (QED) is 0.173. The monoisotopic (exact) mass is 550 g/mol. The predicted octanol–water partition coefficient (Wildman–Crippen LogP) is 0.108. The van der Waals surface area contributed by atoms with Crippen LogP contribution >= 0.6 is 11.6 Å². The van der Waals surface area contributed by atoms with Crippen LogP contribution < -0.4 is 15.8 Å². The number of carboxylic acid groups (broad SMARTS) is 1. The summed E-state index contributed by atoms with van der Waals surface area (Å²) in [5, 5.41) is 40.7. The first-order valence-corrected chi connectivity index (χ1v) is 12.5. The maximum absolute atomic E-state index is 13.1. The summed E-state index contributed by atoms with van der Waals surface area (Å²) in [4.78, 5) is 42.5. The third kappa shape index (κ3) is 5.69. The van der Waals surface area contributed by atoms with Crippen LogP contribution in [0.15, 0.2) is 18.2 Å². The standard InChI is InChI=1S/C25H31ClN4O8/c1-25(2,10-31)9-30-7-14-13(15(14)8-30)6-28-22(34)12-5-16(26)18(27)11-3-4-17(29-19(11)12)38-24(37)21(33)20(32)23(35)36/h3-5,13-15,20-21,31-33H,6-10,27H2,1-2H3,(H,28,34)(H,35,36). The van der Waals surface area contributed by atoms with E-state index in [0.717, 1.165) is 19.6 Å². The molecule has 1 saturated heterocycles. The maximum atomic E-state index is 13.1. The molecule has 1 aromatic heterocycles.